The lowest BCUT2D eigenvalue weighted by atomic mass is 9.74. The molecule has 2 aliphatic rings. The zero-order chi connectivity index (χ0) is 19.5. The molecule has 0 bridgehead atoms. The van der Waals surface area contributed by atoms with Crippen LogP contribution in [-0.4, -0.2) is 28.1 Å². The number of carbonyl (C=O) groups excluding carboxylic acids is 1. The third kappa shape index (κ3) is 2.19. The number of benzene rings is 1. The van der Waals surface area contributed by atoms with Gasteiger partial charge < -0.3 is 9.88 Å². The Morgan fingerprint density at radius 3 is 2.68 bits per heavy atom. The first kappa shape index (κ1) is 17.5. The lowest BCUT2D eigenvalue weighted by molar-refractivity contribution is -0.123. The first-order chi connectivity index (χ1) is 13.6. The summed E-state index contributed by atoms with van der Waals surface area (Å²) in [5.41, 5.74) is 8.01. The van der Waals surface area contributed by atoms with E-state index < -0.39 is 0 Å². The van der Waals surface area contributed by atoms with Gasteiger partial charge in [-0.1, -0.05) is 26.7 Å². The summed E-state index contributed by atoms with van der Waals surface area (Å²) in [5.74, 6) is 0.265. The number of carbonyl (C=O) groups is 1. The monoisotopic (exact) mass is 376 g/mol. The molecule has 5 nitrogen and oxygen atoms in total. The van der Waals surface area contributed by atoms with E-state index in [1.165, 1.54) is 27.8 Å². The van der Waals surface area contributed by atoms with Crippen LogP contribution in [0.3, 0.4) is 0 Å². The maximum atomic E-state index is 13.3. The maximum Gasteiger partial charge on any atom is 0.237 e. The number of nitrogens with zero attached hydrogens (tertiary/aromatic N) is 2. The van der Waals surface area contributed by atoms with Gasteiger partial charge in [0, 0.05) is 23.6 Å². The van der Waals surface area contributed by atoms with Crippen LogP contribution in [0.1, 0.15) is 62.6 Å². The molecule has 28 heavy (non-hydrogen) atoms. The summed E-state index contributed by atoms with van der Waals surface area (Å²) in [6.45, 7) is 4.36. The van der Waals surface area contributed by atoms with Gasteiger partial charge >= 0.3 is 0 Å². The molecule has 0 fully saturated rings. The number of anilines is 1. The first-order valence-electron chi connectivity index (χ1n) is 10.6. The molecule has 3 aromatic rings. The van der Waals surface area contributed by atoms with Crippen LogP contribution in [0.25, 0.3) is 22.3 Å². The van der Waals surface area contributed by atoms with Crippen LogP contribution in [0.4, 0.5) is 5.69 Å². The maximum absolute atomic E-state index is 13.3. The fraction of sp³-hybridized carbons (Fsp3) is 0.478. The Bertz CT molecular complexity index is 1070. The first-order valence-corrected chi connectivity index (χ1v) is 10.6. The molecule has 5 heteroatoms. The van der Waals surface area contributed by atoms with Crippen LogP contribution in [0.2, 0.25) is 0 Å². The lowest BCUT2D eigenvalue weighted by Crippen LogP contribution is -2.38. The zero-order valence-electron chi connectivity index (χ0n) is 17.0. The molecule has 0 spiro atoms. The molecule has 0 atom stereocenters. The second-order valence-corrected chi connectivity index (χ2v) is 8.46. The van der Waals surface area contributed by atoms with E-state index >= 15 is 0 Å². The topological polar surface area (TPSA) is 64.8 Å². The van der Waals surface area contributed by atoms with Crippen LogP contribution in [-0.2, 0) is 23.1 Å². The van der Waals surface area contributed by atoms with Crippen molar-refractivity contribution in [3.63, 3.8) is 0 Å². The molecule has 1 amide bonds. The number of fused-ring (bicyclic) bond motifs is 6. The number of rotatable bonds is 4. The third-order valence-corrected chi connectivity index (χ3v) is 6.81. The van der Waals surface area contributed by atoms with E-state index in [-0.39, 0.29) is 11.3 Å². The van der Waals surface area contributed by atoms with Crippen molar-refractivity contribution in [3.05, 3.63) is 35.0 Å². The van der Waals surface area contributed by atoms with Gasteiger partial charge in [0.2, 0.25) is 5.91 Å². The Hall–Kier alpha value is -2.56. The van der Waals surface area contributed by atoms with Gasteiger partial charge in [-0.2, -0.15) is 5.10 Å². The van der Waals surface area contributed by atoms with Crippen molar-refractivity contribution in [1.82, 2.24) is 15.2 Å². The summed E-state index contributed by atoms with van der Waals surface area (Å²) in [4.78, 5) is 18.9. The molecule has 3 heterocycles. The highest BCUT2D eigenvalue weighted by Gasteiger charge is 2.48. The van der Waals surface area contributed by atoms with Crippen molar-refractivity contribution in [3.8, 4) is 11.4 Å². The second-order valence-electron chi connectivity index (χ2n) is 8.46. The predicted octanol–water partition coefficient (Wildman–Crippen LogP) is 4.86. The quantitative estimate of drug-likeness (QED) is 0.683. The van der Waals surface area contributed by atoms with E-state index in [0.29, 0.717) is 0 Å². The number of amides is 1. The van der Waals surface area contributed by atoms with Crippen molar-refractivity contribution >= 4 is 22.5 Å². The molecular weight excluding hydrogens is 348 g/mol. The Balaban J connectivity index is 1.76. The number of hydrogen-bond acceptors (Lipinski definition) is 2. The highest BCUT2D eigenvalue weighted by Crippen LogP contribution is 2.49. The van der Waals surface area contributed by atoms with Crippen LogP contribution < -0.4 is 4.90 Å². The van der Waals surface area contributed by atoms with E-state index in [0.717, 1.165) is 61.8 Å². The number of H-pyrrole nitrogens is 2. The number of hydrogen-bond donors (Lipinski definition) is 2. The van der Waals surface area contributed by atoms with Gasteiger partial charge in [-0.25, -0.2) is 0 Å². The van der Waals surface area contributed by atoms with Gasteiger partial charge in [0.1, 0.15) is 0 Å². The van der Waals surface area contributed by atoms with Crippen molar-refractivity contribution in [2.75, 3.05) is 11.9 Å². The molecule has 5 rings (SSSR count). The van der Waals surface area contributed by atoms with Gasteiger partial charge in [-0.05, 0) is 60.9 Å². The molecule has 1 aliphatic heterocycles. The molecule has 2 N–H and O–H groups in total. The summed E-state index contributed by atoms with van der Waals surface area (Å²) >= 11 is 0. The number of nitrogens with one attached hydrogen (secondary N) is 2. The zero-order valence-corrected chi connectivity index (χ0v) is 17.0. The molecule has 1 aliphatic carbocycles. The molecule has 0 saturated heterocycles. The Morgan fingerprint density at radius 1 is 1.14 bits per heavy atom. The minimum absolute atomic E-state index is 0.265. The van der Waals surface area contributed by atoms with Gasteiger partial charge in [0.05, 0.1) is 23.0 Å². The predicted molar refractivity (Wildman–Crippen MR) is 113 cm³/mol. The normalized spacial score (nSPS) is 17.5. The smallest absolute Gasteiger partial charge is 0.237 e. The van der Waals surface area contributed by atoms with Gasteiger partial charge in [-0.15, -0.1) is 0 Å². The van der Waals surface area contributed by atoms with Gasteiger partial charge in [-0.3, -0.25) is 9.89 Å². The minimum atomic E-state index is -0.372. The van der Waals surface area contributed by atoms with E-state index in [9.17, 15) is 4.79 Å². The molecule has 0 radical (unpaired) electrons. The Morgan fingerprint density at radius 2 is 1.93 bits per heavy atom. The molecule has 0 unspecified atom stereocenters. The fourth-order valence-corrected chi connectivity index (χ4v) is 5.60. The SMILES string of the molecule is CCCC1(CCC)C(=O)N(C)c2cc3c4c([nH]c3cc21)-c1[nH]ncc1CCC4. The van der Waals surface area contributed by atoms with E-state index in [1.807, 2.05) is 18.1 Å². The lowest BCUT2D eigenvalue weighted by Gasteiger charge is -2.27. The minimum Gasteiger partial charge on any atom is -0.353 e. The number of aryl methyl sites for hydroxylation is 2. The van der Waals surface area contributed by atoms with Crippen molar-refractivity contribution in [2.45, 2.75) is 64.2 Å². The Kier molecular flexibility index (Phi) is 3.90. The number of aromatic nitrogens is 3. The summed E-state index contributed by atoms with van der Waals surface area (Å²) < 4.78 is 0. The molecule has 2 aromatic heterocycles. The van der Waals surface area contributed by atoms with E-state index in [2.05, 4.69) is 41.2 Å². The molecule has 146 valence electrons. The number of aromatic amines is 2. The van der Waals surface area contributed by atoms with Gasteiger partial charge in [0.15, 0.2) is 0 Å². The van der Waals surface area contributed by atoms with E-state index in [1.54, 1.807) is 0 Å². The second kappa shape index (κ2) is 6.23. The number of likely N-dealkylation sites (N-methyl/N-ethyl adjacent to an activating group) is 1. The Labute approximate surface area is 165 Å². The largest absolute Gasteiger partial charge is 0.353 e. The third-order valence-electron chi connectivity index (χ3n) is 6.81. The average Bonchev–Trinajstić information content (AvgIpc) is 3.31. The summed E-state index contributed by atoms with van der Waals surface area (Å²) in [7, 11) is 1.94. The highest BCUT2D eigenvalue weighted by atomic mass is 16.2. The molecule has 1 aromatic carbocycles. The summed E-state index contributed by atoms with van der Waals surface area (Å²) in [6, 6.07) is 4.52. The molecule has 0 saturated carbocycles. The summed E-state index contributed by atoms with van der Waals surface area (Å²) in [6.07, 6.45) is 9.01. The highest BCUT2D eigenvalue weighted by molar-refractivity contribution is 6.10. The van der Waals surface area contributed by atoms with Crippen LogP contribution >= 0.6 is 0 Å². The van der Waals surface area contributed by atoms with Crippen molar-refractivity contribution in [2.24, 2.45) is 0 Å². The van der Waals surface area contributed by atoms with Crippen LogP contribution in [0.5, 0.6) is 0 Å². The standard InChI is InChI=1S/C23H28N4O/c1-4-9-23(10-5-2)17-12-18-16(11-19(17)27(3)22(23)28)15-8-6-7-14-13-24-26-20(14)21(15)25-18/h11-13,25H,4-10H2,1-3H3,(H,24,26). The molecular formula is C23H28N4O. The average molecular weight is 377 g/mol. The van der Waals surface area contributed by atoms with Crippen LogP contribution in [0, 0.1) is 0 Å². The fourth-order valence-electron chi connectivity index (χ4n) is 5.60. The van der Waals surface area contributed by atoms with Crippen molar-refractivity contribution < 1.29 is 4.79 Å². The van der Waals surface area contributed by atoms with Gasteiger partial charge in [0.25, 0.3) is 0 Å². The van der Waals surface area contributed by atoms with E-state index in [4.69, 9.17) is 0 Å². The van der Waals surface area contributed by atoms with Crippen LogP contribution in [0.15, 0.2) is 18.3 Å². The summed E-state index contributed by atoms with van der Waals surface area (Å²) in [5, 5.41) is 8.72. The van der Waals surface area contributed by atoms with Crippen molar-refractivity contribution in [1.29, 1.82) is 0 Å².